The third-order valence-electron chi connectivity index (χ3n) is 6.50. The van der Waals surface area contributed by atoms with Gasteiger partial charge in [0.2, 0.25) is 0 Å². The molecule has 0 saturated heterocycles. The molecule has 212 valence electrons. The Bertz CT molecular complexity index is 1840. The van der Waals surface area contributed by atoms with Gasteiger partial charge in [-0.05, 0) is 35.9 Å². The smallest absolute Gasteiger partial charge is 0.263 e. The molecule has 6 rings (SSSR count). The van der Waals surface area contributed by atoms with Crippen LogP contribution in [-0.4, -0.2) is 45.3 Å². The van der Waals surface area contributed by atoms with Gasteiger partial charge in [0, 0.05) is 29.9 Å². The maximum Gasteiger partial charge on any atom is 0.335 e. The maximum absolute atomic E-state index is 15.3. The van der Waals surface area contributed by atoms with E-state index >= 15 is 4.39 Å². The van der Waals surface area contributed by atoms with E-state index in [9.17, 15) is 13.2 Å². The number of nitrogens with zero attached hydrogens (tertiary/aromatic N) is 9. The molecule has 0 aliphatic carbocycles. The number of benzene rings is 2. The molecule has 16 heteroatoms. The van der Waals surface area contributed by atoms with Crippen LogP contribution in [0.5, 0.6) is 0 Å². The van der Waals surface area contributed by atoms with Crippen LogP contribution in [0.1, 0.15) is 23.8 Å². The fourth-order valence-corrected chi connectivity index (χ4v) is 4.92. The van der Waals surface area contributed by atoms with Crippen LogP contribution in [0.4, 0.5) is 17.6 Å². The molecule has 0 amide bonds. The molecule has 0 aliphatic rings. The second-order valence-electron chi connectivity index (χ2n) is 9.03. The fourth-order valence-electron chi connectivity index (χ4n) is 4.53. The van der Waals surface area contributed by atoms with E-state index in [0.29, 0.717) is 28.0 Å². The number of halogens is 6. The average Bonchev–Trinajstić information content (AvgIpc) is 3.76. The molecule has 0 radical (unpaired) electrons. The summed E-state index contributed by atoms with van der Waals surface area (Å²) in [5.74, 6) is -1.06. The van der Waals surface area contributed by atoms with Crippen molar-refractivity contribution < 1.29 is 22.2 Å². The van der Waals surface area contributed by atoms with Crippen molar-refractivity contribution in [3.63, 3.8) is 0 Å². The molecular formula is C26H17Cl2F4N10+. The monoisotopic (exact) mass is 615 g/mol. The van der Waals surface area contributed by atoms with Crippen LogP contribution in [0.15, 0.2) is 73.4 Å². The number of hydrogen-bond acceptors (Lipinski definition) is 6. The lowest BCUT2D eigenvalue weighted by atomic mass is 10.0. The van der Waals surface area contributed by atoms with Gasteiger partial charge in [-0.1, -0.05) is 51.8 Å². The van der Waals surface area contributed by atoms with Gasteiger partial charge in [-0.2, -0.15) is 18.6 Å². The highest BCUT2D eigenvalue weighted by Crippen LogP contribution is 2.34. The predicted molar refractivity (Wildman–Crippen MR) is 142 cm³/mol. The van der Waals surface area contributed by atoms with Gasteiger partial charge < -0.3 is 0 Å². The Labute approximate surface area is 244 Å². The molecule has 4 heterocycles. The normalized spacial score (nSPS) is 12.3. The van der Waals surface area contributed by atoms with Crippen LogP contribution in [0.2, 0.25) is 10.2 Å². The molecule has 1 N–H and O–H groups in total. The minimum absolute atomic E-state index is 0.0830. The Morgan fingerprint density at radius 3 is 2.45 bits per heavy atom. The topological polar surface area (TPSA) is 107 Å². The standard InChI is InChI=1S/C26H16Cl2F4N10/c27-18-6-8-20(41-13-34-37-39-41)22(23(18)30)15-3-7-19(33-10-15)21(9-14-1-4-17(29)5-2-14)40-12-16(11-35-40)24-25(28)36-38-42(24)26(31)32/h1-8,10-13,21,26H,9H2/p+1/t21-/m1/s1. The first kappa shape index (κ1) is 27.5. The number of aromatic nitrogens is 10. The number of rotatable bonds is 8. The number of nitrogens with one attached hydrogen (secondary N) is 1. The highest BCUT2D eigenvalue weighted by molar-refractivity contribution is 6.31. The third kappa shape index (κ3) is 5.21. The summed E-state index contributed by atoms with van der Waals surface area (Å²) in [5, 5.41) is 21.1. The largest absolute Gasteiger partial charge is 0.335 e. The summed E-state index contributed by atoms with van der Waals surface area (Å²) in [5.41, 5.74) is 2.39. The van der Waals surface area contributed by atoms with E-state index in [4.69, 9.17) is 23.2 Å². The van der Waals surface area contributed by atoms with Crippen molar-refractivity contribution in [2.75, 3.05) is 0 Å². The molecule has 4 aromatic heterocycles. The first-order valence-corrected chi connectivity index (χ1v) is 13.0. The zero-order valence-corrected chi connectivity index (χ0v) is 22.6. The Kier molecular flexibility index (Phi) is 7.39. The number of alkyl halides is 2. The zero-order chi connectivity index (χ0) is 29.4. The summed E-state index contributed by atoms with van der Waals surface area (Å²) in [6, 6.07) is 11.7. The minimum Gasteiger partial charge on any atom is -0.263 e. The highest BCUT2D eigenvalue weighted by atomic mass is 35.5. The van der Waals surface area contributed by atoms with Crippen LogP contribution in [0.25, 0.3) is 28.1 Å². The molecule has 42 heavy (non-hydrogen) atoms. The van der Waals surface area contributed by atoms with Crippen molar-refractivity contribution in [2.45, 2.75) is 19.0 Å². The molecule has 1 atom stereocenters. The zero-order valence-electron chi connectivity index (χ0n) is 21.1. The summed E-state index contributed by atoms with van der Waals surface area (Å²) in [6.07, 6.45) is 6.04. The number of pyridine rings is 1. The number of aromatic amines is 1. The van der Waals surface area contributed by atoms with Crippen molar-refractivity contribution in [1.82, 2.24) is 45.3 Å². The van der Waals surface area contributed by atoms with E-state index in [1.54, 1.807) is 30.3 Å². The van der Waals surface area contributed by atoms with Crippen molar-refractivity contribution in [3.8, 4) is 28.1 Å². The lowest BCUT2D eigenvalue weighted by molar-refractivity contribution is -0.659. The van der Waals surface area contributed by atoms with Crippen molar-refractivity contribution >= 4 is 23.2 Å². The SMILES string of the molecule is Fc1ccc(C[C@H](c2ccc(-c3c(-[n+]4cnn[nH]4)ccc(Cl)c3F)cn2)n2cc(-c3c(Cl)nnn3C(F)F)cn2)cc1. The number of tetrazole rings is 1. The molecule has 0 aliphatic heterocycles. The maximum atomic E-state index is 15.3. The van der Waals surface area contributed by atoms with Gasteiger partial charge in [-0.15, -0.1) is 9.78 Å². The average molecular weight is 616 g/mol. The number of H-pyrrole nitrogens is 1. The summed E-state index contributed by atoms with van der Waals surface area (Å²) in [7, 11) is 0. The lowest BCUT2D eigenvalue weighted by Gasteiger charge is -2.18. The second-order valence-corrected chi connectivity index (χ2v) is 9.80. The molecular weight excluding hydrogens is 599 g/mol. The molecule has 10 nitrogen and oxygen atoms in total. The lowest BCUT2D eigenvalue weighted by Crippen LogP contribution is -2.33. The van der Waals surface area contributed by atoms with Gasteiger partial charge in [-0.25, -0.2) is 8.78 Å². The van der Waals surface area contributed by atoms with Crippen LogP contribution in [-0.2, 0) is 6.42 Å². The van der Waals surface area contributed by atoms with E-state index in [-0.39, 0.29) is 27.0 Å². The first-order chi connectivity index (χ1) is 20.3. The Balaban J connectivity index is 1.41. The van der Waals surface area contributed by atoms with Gasteiger partial charge in [0.1, 0.15) is 22.3 Å². The fraction of sp³-hybridized carbons (Fsp3) is 0.115. The van der Waals surface area contributed by atoms with Gasteiger partial charge in [-0.3, -0.25) is 9.67 Å². The molecule has 6 aromatic rings. The quantitative estimate of drug-likeness (QED) is 0.181. The van der Waals surface area contributed by atoms with E-state index < -0.39 is 24.2 Å². The molecule has 2 aromatic carbocycles. The Morgan fingerprint density at radius 2 is 1.76 bits per heavy atom. The first-order valence-electron chi connectivity index (χ1n) is 12.2. The van der Waals surface area contributed by atoms with Gasteiger partial charge in [0.25, 0.3) is 6.33 Å². The highest BCUT2D eigenvalue weighted by Gasteiger charge is 2.25. The summed E-state index contributed by atoms with van der Waals surface area (Å²) in [4.78, 5) is 4.60. The van der Waals surface area contributed by atoms with E-state index in [1.165, 1.54) is 52.5 Å². The van der Waals surface area contributed by atoms with E-state index in [0.717, 1.165) is 5.56 Å². The van der Waals surface area contributed by atoms with Crippen molar-refractivity contribution in [3.05, 3.63) is 107 Å². The minimum atomic E-state index is -2.97. The Morgan fingerprint density at radius 1 is 0.952 bits per heavy atom. The molecule has 0 unspecified atom stereocenters. The second kappa shape index (κ2) is 11.3. The number of hydrogen-bond donors (Lipinski definition) is 1. The van der Waals surface area contributed by atoms with Crippen LogP contribution < -0.4 is 4.68 Å². The molecule has 0 spiro atoms. The van der Waals surface area contributed by atoms with Crippen LogP contribution >= 0.6 is 23.2 Å². The van der Waals surface area contributed by atoms with Gasteiger partial charge in [0.05, 0.1) is 28.5 Å². The van der Waals surface area contributed by atoms with Gasteiger partial charge >= 0.3 is 6.55 Å². The summed E-state index contributed by atoms with van der Waals surface area (Å²) >= 11 is 12.2. The van der Waals surface area contributed by atoms with E-state index in [1.807, 2.05) is 0 Å². The molecule has 0 bridgehead atoms. The van der Waals surface area contributed by atoms with Crippen LogP contribution in [0, 0.1) is 11.6 Å². The summed E-state index contributed by atoms with van der Waals surface area (Å²) < 4.78 is 59.3. The molecule has 0 fully saturated rings. The van der Waals surface area contributed by atoms with Gasteiger partial charge in [0.15, 0.2) is 16.2 Å². The third-order valence-corrected chi connectivity index (χ3v) is 7.05. The predicted octanol–water partition coefficient (Wildman–Crippen LogP) is 5.41. The Hall–Kier alpha value is -4.69. The van der Waals surface area contributed by atoms with Crippen molar-refractivity contribution in [1.29, 1.82) is 0 Å². The van der Waals surface area contributed by atoms with Crippen molar-refractivity contribution in [2.24, 2.45) is 0 Å². The van der Waals surface area contributed by atoms with Crippen LogP contribution in [0.3, 0.4) is 0 Å². The molecule has 0 saturated carbocycles. The summed E-state index contributed by atoms with van der Waals surface area (Å²) in [6.45, 7) is -2.97. The van der Waals surface area contributed by atoms with E-state index in [2.05, 4.69) is 35.9 Å².